The predicted octanol–water partition coefficient (Wildman–Crippen LogP) is 5.18. The van der Waals surface area contributed by atoms with E-state index in [0.717, 1.165) is 20.9 Å². The van der Waals surface area contributed by atoms with E-state index in [1.807, 2.05) is 22.9 Å². The topological polar surface area (TPSA) is 97.7 Å². The van der Waals surface area contributed by atoms with Gasteiger partial charge in [-0.3, -0.25) is 13.9 Å². The van der Waals surface area contributed by atoms with Gasteiger partial charge in [-0.25, -0.2) is 8.42 Å². The van der Waals surface area contributed by atoms with Gasteiger partial charge in [-0.05, 0) is 81.4 Å². The Hall–Kier alpha value is -3.82. The number of halogens is 1. The lowest BCUT2D eigenvalue weighted by Gasteiger charge is -2.26. The molecule has 4 aromatic rings. The largest absolute Gasteiger partial charge is 0.459 e. The third-order valence-electron chi connectivity index (χ3n) is 5.65. The summed E-state index contributed by atoms with van der Waals surface area (Å²) in [4.78, 5) is 24.8. The van der Waals surface area contributed by atoms with Crippen molar-refractivity contribution in [3.8, 4) is 5.69 Å². The van der Waals surface area contributed by atoms with Gasteiger partial charge < -0.3 is 14.6 Å². The van der Waals surface area contributed by atoms with Crippen LogP contribution in [0.1, 0.15) is 31.1 Å². The highest BCUT2D eigenvalue weighted by Gasteiger charge is 2.30. The summed E-state index contributed by atoms with van der Waals surface area (Å²) in [7, 11) is -2.59. The smallest absolute Gasteiger partial charge is 0.327 e. The van der Waals surface area contributed by atoms with Crippen molar-refractivity contribution >= 4 is 50.1 Å². The fourth-order valence-electron chi connectivity index (χ4n) is 4.01. The van der Waals surface area contributed by atoms with E-state index in [1.165, 1.54) is 18.2 Å². The number of hydrogen-bond donors (Lipinski definition) is 1. The number of nitrogens with one attached hydrogen (secondary N) is 1. The molecule has 1 N–H and O–H groups in total. The second-order valence-electron chi connectivity index (χ2n) is 9.61. The summed E-state index contributed by atoms with van der Waals surface area (Å²) >= 11 is 6.07. The number of hydrogen-bond acceptors (Lipinski definition) is 5. The van der Waals surface area contributed by atoms with Crippen LogP contribution in [-0.4, -0.2) is 44.1 Å². The summed E-state index contributed by atoms with van der Waals surface area (Å²) in [6.07, 6.45) is 1.83. The SMILES string of the molecule is CNC(=O)c1cccc(-n2ccc3cc(N(CC(=O)OC(C)(C)C)S(=O)(=O)c4cccc(Cl)c4)ccc32)c1. The predicted molar refractivity (Wildman–Crippen MR) is 148 cm³/mol. The minimum Gasteiger partial charge on any atom is -0.459 e. The molecule has 8 nitrogen and oxygen atoms in total. The van der Waals surface area contributed by atoms with Crippen LogP contribution in [0.15, 0.2) is 83.9 Å². The Balaban J connectivity index is 1.78. The lowest BCUT2D eigenvalue weighted by molar-refractivity contribution is -0.152. The molecular formula is C28H28ClN3O5S. The zero-order valence-electron chi connectivity index (χ0n) is 21.4. The molecule has 38 heavy (non-hydrogen) atoms. The molecule has 0 atom stereocenters. The van der Waals surface area contributed by atoms with Crippen LogP contribution in [0.3, 0.4) is 0 Å². The van der Waals surface area contributed by atoms with E-state index in [2.05, 4.69) is 5.32 Å². The van der Waals surface area contributed by atoms with Crippen molar-refractivity contribution in [2.24, 2.45) is 0 Å². The Labute approximate surface area is 226 Å². The number of rotatable bonds is 7. The summed E-state index contributed by atoms with van der Waals surface area (Å²) in [5.41, 5.74) is 1.58. The second-order valence-corrected chi connectivity index (χ2v) is 11.9. The number of esters is 1. The minimum atomic E-state index is -4.16. The molecule has 0 spiro atoms. The first-order chi connectivity index (χ1) is 17.9. The lowest BCUT2D eigenvalue weighted by Crippen LogP contribution is -2.38. The van der Waals surface area contributed by atoms with Gasteiger partial charge in [0.2, 0.25) is 0 Å². The first kappa shape index (κ1) is 27.2. The summed E-state index contributed by atoms with van der Waals surface area (Å²) in [5.74, 6) is -0.888. The first-order valence-electron chi connectivity index (χ1n) is 11.8. The number of fused-ring (bicyclic) bond motifs is 1. The number of amides is 1. The lowest BCUT2D eigenvalue weighted by atomic mass is 10.2. The van der Waals surface area contributed by atoms with Crippen LogP contribution >= 0.6 is 11.6 Å². The molecule has 0 fully saturated rings. The maximum atomic E-state index is 13.7. The van der Waals surface area contributed by atoms with Crippen molar-refractivity contribution in [1.29, 1.82) is 0 Å². The summed E-state index contributed by atoms with van der Waals surface area (Å²) in [5, 5.41) is 3.61. The van der Waals surface area contributed by atoms with Crippen LogP contribution in [-0.2, 0) is 19.6 Å². The number of carbonyl (C=O) groups excluding carboxylic acids is 2. The molecule has 4 rings (SSSR count). The van der Waals surface area contributed by atoms with Crippen LogP contribution < -0.4 is 9.62 Å². The highest BCUT2D eigenvalue weighted by atomic mass is 35.5. The van der Waals surface area contributed by atoms with Crippen LogP contribution in [0.25, 0.3) is 16.6 Å². The molecule has 0 saturated heterocycles. The van der Waals surface area contributed by atoms with Crippen molar-refractivity contribution in [1.82, 2.24) is 9.88 Å². The maximum Gasteiger partial charge on any atom is 0.327 e. The Kier molecular flexibility index (Phi) is 7.53. The normalized spacial score (nSPS) is 11.8. The standard InChI is InChI=1S/C28H28ClN3O5S/c1-28(2,3)37-26(33)18-32(38(35,36)24-10-6-8-21(29)17-24)23-11-12-25-19(15-23)13-14-31(25)22-9-5-7-20(16-22)27(34)30-4/h5-17H,18H2,1-4H3,(H,30,34). The molecule has 0 unspecified atom stereocenters. The quantitative estimate of drug-likeness (QED) is 0.318. The molecule has 0 aliphatic carbocycles. The molecule has 0 saturated carbocycles. The summed E-state index contributed by atoms with van der Waals surface area (Å²) < 4.78 is 35.7. The molecule has 0 bridgehead atoms. The molecule has 0 aliphatic rings. The van der Waals surface area contributed by atoms with E-state index in [1.54, 1.807) is 70.3 Å². The monoisotopic (exact) mass is 553 g/mol. The molecule has 198 valence electrons. The van der Waals surface area contributed by atoms with E-state index in [-0.39, 0.29) is 15.8 Å². The Morgan fingerprint density at radius 3 is 2.42 bits per heavy atom. The van der Waals surface area contributed by atoms with Gasteiger partial charge in [-0.2, -0.15) is 0 Å². The Bertz CT molecular complexity index is 1620. The van der Waals surface area contributed by atoms with Crippen molar-refractivity contribution in [3.05, 3.63) is 89.6 Å². The van der Waals surface area contributed by atoms with Gasteiger partial charge in [0.15, 0.2) is 0 Å². The van der Waals surface area contributed by atoms with E-state index in [0.29, 0.717) is 11.3 Å². The number of ether oxygens (including phenoxy) is 1. The second kappa shape index (κ2) is 10.5. The average Bonchev–Trinajstić information content (AvgIpc) is 3.29. The summed E-state index contributed by atoms with van der Waals surface area (Å²) in [6, 6.07) is 20.0. The van der Waals surface area contributed by atoms with Gasteiger partial charge in [0.1, 0.15) is 12.1 Å². The first-order valence-corrected chi connectivity index (χ1v) is 13.6. The maximum absolute atomic E-state index is 13.7. The average molecular weight is 554 g/mol. The molecule has 0 aliphatic heterocycles. The molecule has 1 aromatic heterocycles. The van der Waals surface area contributed by atoms with Gasteiger partial charge in [0.25, 0.3) is 15.9 Å². The molecule has 0 radical (unpaired) electrons. The van der Waals surface area contributed by atoms with Crippen molar-refractivity contribution in [2.75, 3.05) is 17.9 Å². The number of anilines is 1. The van der Waals surface area contributed by atoms with Crippen LogP contribution in [0.2, 0.25) is 5.02 Å². The molecule has 1 heterocycles. The number of nitrogens with zero attached hydrogens (tertiary/aromatic N) is 2. The summed E-state index contributed by atoms with van der Waals surface area (Å²) in [6.45, 7) is 4.63. The van der Waals surface area contributed by atoms with Gasteiger partial charge in [-0.15, -0.1) is 0 Å². The highest BCUT2D eigenvalue weighted by molar-refractivity contribution is 7.92. The van der Waals surface area contributed by atoms with Crippen molar-refractivity contribution in [2.45, 2.75) is 31.3 Å². The Morgan fingerprint density at radius 1 is 1.00 bits per heavy atom. The van der Waals surface area contributed by atoms with Gasteiger partial charge in [0.05, 0.1) is 16.1 Å². The number of sulfonamides is 1. The molecule has 10 heteroatoms. The highest BCUT2D eigenvalue weighted by Crippen LogP contribution is 2.30. The van der Waals surface area contributed by atoms with E-state index in [9.17, 15) is 18.0 Å². The van der Waals surface area contributed by atoms with Crippen LogP contribution in [0.4, 0.5) is 5.69 Å². The van der Waals surface area contributed by atoms with Gasteiger partial charge in [-0.1, -0.05) is 23.7 Å². The Morgan fingerprint density at radius 2 is 1.74 bits per heavy atom. The van der Waals surface area contributed by atoms with Gasteiger partial charge >= 0.3 is 5.97 Å². The number of benzene rings is 3. The fraction of sp³-hybridized carbons (Fsp3) is 0.214. The van der Waals surface area contributed by atoms with Crippen molar-refractivity contribution in [3.63, 3.8) is 0 Å². The minimum absolute atomic E-state index is 0.0442. The van der Waals surface area contributed by atoms with Gasteiger partial charge in [0, 0.05) is 34.9 Å². The zero-order valence-corrected chi connectivity index (χ0v) is 23.0. The number of carbonyl (C=O) groups is 2. The van der Waals surface area contributed by atoms with Crippen LogP contribution in [0, 0.1) is 0 Å². The molecular weight excluding hydrogens is 526 g/mol. The third-order valence-corrected chi connectivity index (χ3v) is 7.66. The third kappa shape index (κ3) is 5.84. The molecule has 3 aromatic carbocycles. The van der Waals surface area contributed by atoms with Crippen molar-refractivity contribution < 1.29 is 22.7 Å². The fourth-order valence-corrected chi connectivity index (χ4v) is 5.71. The van der Waals surface area contributed by atoms with Crippen LogP contribution in [0.5, 0.6) is 0 Å². The van der Waals surface area contributed by atoms with E-state index < -0.39 is 28.1 Å². The van der Waals surface area contributed by atoms with E-state index in [4.69, 9.17) is 16.3 Å². The zero-order chi connectivity index (χ0) is 27.7. The number of aromatic nitrogens is 1. The molecule has 1 amide bonds. The van der Waals surface area contributed by atoms with E-state index >= 15 is 0 Å².